The zero-order chi connectivity index (χ0) is 18.7. The smallest absolute Gasteiger partial charge is 0.262 e. The maximum atomic E-state index is 12.7. The van der Waals surface area contributed by atoms with Crippen LogP contribution in [0.15, 0.2) is 34.2 Å². The summed E-state index contributed by atoms with van der Waals surface area (Å²) in [5, 5.41) is 4.13. The second-order valence-electron chi connectivity index (χ2n) is 7.10. The molecule has 0 bridgehead atoms. The molecule has 1 saturated carbocycles. The molecule has 1 N–H and O–H groups in total. The van der Waals surface area contributed by atoms with Crippen LogP contribution in [0.25, 0.3) is 10.9 Å². The number of benzene rings is 1. The molecule has 5 nitrogen and oxygen atoms in total. The lowest BCUT2D eigenvalue weighted by Gasteiger charge is -2.30. The highest BCUT2D eigenvalue weighted by molar-refractivity contribution is 8.00. The Kier molecular flexibility index (Phi) is 6.01. The fraction of sp³-hybridized carbons (Fsp3) is 0.550. The molecule has 1 aliphatic rings. The van der Waals surface area contributed by atoms with Crippen molar-refractivity contribution in [2.45, 2.75) is 69.4 Å². The number of carbonyl (C=O) groups is 1. The van der Waals surface area contributed by atoms with Gasteiger partial charge in [-0.2, -0.15) is 0 Å². The minimum atomic E-state index is -0.296. The first-order valence-electron chi connectivity index (χ1n) is 9.48. The summed E-state index contributed by atoms with van der Waals surface area (Å²) in [6.45, 7) is 6.56. The first-order valence-corrected chi connectivity index (χ1v) is 10.4. The van der Waals surface area contributed by atoms with E-state index in [0.717, 1.165) is 6.42 Å². The number of para-hydroxylation sites is 1. The van der Waals surface area contributed by atoms with E-state index in [-0.39, 0.29) is 22.8 Å². The van der Waals surface area contributed by atoms with Gasteiger partial charge in [-0.1, -0.05) is 43.7 Å². The lowest BCUT2D eigenvalue weighted by atomic mass is 9.86. The molecule has 0 unspecified atom stereocenters. The summed E-state index contributed by atoms with van der Waals surface area (Å²) in [5.74, 6) is 0.552. The normalized spacial score (nSPS) is 21.5. The predicted molar refractivity (Wildman–Crippen MR) is 107 cm³/mol. The summed E-state index contributed by atoms with van der Waals surface area (Å²) in [6, 6.07) is 7.62. The molecule has 1 aromatic carbocycles. The van der Waals surface area contributed by atoms with Crippen molar-refractivity contribution in [2.75, 3.05) is 0 Å². The second-order valence-corrected chi connectivity index (χ2v) is 8.41. The number of thioether (sulfide) groups is 1. The standard InChI is InChI=1S/C20H27N3O2S/c1-4-23-19(25)15-10-6-8-12-17(15)22-20(23)26-14(3)18(24)21-16-11-7-5-9-13(16)2/h6,8,10,12-14,16H,4-5,7,9,11H2,1-3H3,(H,21,24)/t13-,14+,16+/m0/s1. The van der Waals surface area contributed by atoms with Gasteiger partial charge < -0.3 is 5.32 Å². The zero-order valence-electron chi connectivity index (χ0n) is 15.7. The SMILES string of the molecule is CCn1c(S[C@H](C)C(=O)N[C@@H]2CCCC[C@@H]2C)nc2ccccc2c1=O. The predicted octanol–water partition coefficient (Wildman–Crippen LogP) is 3.59. The van der Waals surface area contributed by atoms with Gasteiger partial charge in [0.25, 0.3) is 5.56 Å². The summed E-state index contributed by atoms with van der Waals surface area (Å²) >= 11 is 1.36. The number of rotatable bonds is 5. The number of hydrogen-bond donors (Lipinski definition) is 1. The van der Waals surface area contributed by atoms with Crippen molar-refractivity contribution in [3.63, 3.8) is 0 Å². The van der Waals surface area contributed by atoms with E-state index in [0.29, 0.717) is 28.5 Å². The van der Waals surface area contributed by atoms with Gasteiger partial charge >= 0.3 is 0 Å². The van der Waals surface area contributed by atoms with E-state index in [1.165, 1.54) is 31.0 Å². The second kappa shape index (κ2) is 8.25. The van der Waals surface area contributed by atoms with Crippen molar-refractivity contribution in [1.29, 1.82) is 0 Å². The summed E-state index contributed by atoms with van der Waals surface area (Å²) in [6.07, 6.45) is 4.66. The van der Waals surface area contributed by atoms with E-state index in [9.17, 15) is 9.59 Å². The average molecular weight is 374 g/mol. The van der Waals surface area contributed by atoms with E-state index >= 15 is 0 Å². The minimum Gasteiger partial charge on any atom is -0.352 e. The molecule has 6 heteroatoms. The molecule has 0 spiro atoms. The first-order chi connectivity index (χ1) is 12.5. The van der Waals surface area contributed by atoms with Gasteiger partial charge in [-0.15, -0.1) is 0 Å². The molecule has 0 radical (unpaired) electrons. The Bertz CT molecular complexity index is 849. The van der Waals surface area contributed by atoms with Crippen LogP contribution < -0.4 is 10.9 Å². The molecule has 0 aliphatic heterocycles. The molecular weight excluding hydrogens is 346 g/mol. The minimum absolute atomic E-state index is 0.0267. The van der Waals surface area contributed by atoms with Gasteiger partial charge in [0.15, 0.2) is 5.16 Å². The lowest BCUT2D eigenvalue weighted by Crippen LogP contribution is -2.44. The van der Waals surface area contributed by atoms with Crippen LogP contribution in [-0.2, 0) is 11.3 Å². The van der Waals surface area contributed by atoms with Crippen LogP contribution in [0.1, 0.15) is 46.5 Å². The summed E-state index contributed by atoms with van der Waals surface area (Å²) in [4.78, 5) is 30.0. The molecule has 2 aromatic rings. The van der Waals surface area contributed by atoms with Crippen molar-refractivity contribution in [2.24, 2.45) is 5.92 Å². The summed E-state index contributed by atoms with van der Waals surface area (Å²) in [5.41, 5.74) is 0.632. The van der Waals surface area contributed by atoms with Crippen molar-refractivity contribution < 1.29 is 4.79 Å². The quantitative estimate of drug-likeness (QED) is 0.643. The fourth-order valence-corrected chi connectivity index (χ4v) is 4.54. The topological polar surface area (TPSA) is 64.0 Å². The number of amides is 1. The van der Waals surface area contributed by atoms with E-state index in [4.69, 9.17) is 0 Å². The lowest BCUT2D eigenvalue weighted by molar-refractivity contribution is -0.121. The largest absolute Gasteiger partial charge is 0.352 e. The van der Waals surface area contributed by atoms with Gasteiger partial charge in [0.2, 0.25) is 5.91 Å². The Morgan fingerprint density at radius 1 is 1.35 bits per heavy atom. The van der Waals surface area contributed by atoms with Gasteiger partial charge in [0, 0.05) is 12.6 Å². The highest BCUT2D eigenvalue weighted by Gasteiger charge is 2.26. The Balaban J connectivity index is 1.79. The highest BCUT2D eigenvalue weighted by atomic mass is 32.2. The van der Waals surface area contributed by atoms with Crippen LogP contribution >= 0.6 is 11.8 Å². The Morgan fingerprint density at radius 2 is 2.08 bits per heavy atom. The van der Waals surface area contributed by atoms with Crippen LogP contribution in [-0.4, -0.2) is 26.8 Å². The first kappa shape index (κ1) is 19.0. The van der Waals surface area contributed by atoms with Crippen LogP contribution in [0.2, 0.25) is 0 Å². The molecule has 1 amide bonds. The summed E-state index contributed by atoms with van der Waals surface area (Å²) < 4.78 is 1.65. The molecule has 3 rings (SSSR count). The van der Waals surface area contributed by atoms with Crippen molar-refractivity contribution in [3.8, 4) is 0 Å². The summed E-state index contributed by atoms with van der Waals surface area (Å²) in [7, 11) is 0. The van der Waals surface area contributed by atoms with Crippen LogP contribution in [0, 0.1) is 5.92 Å². The fourth-order valence-electron chi connectivity index (χ4n) is 3.56. The third-order valence-corrected chi connectivity index (χ3v) is 6.32. The number of carbonyl (C=O) groups excluding carboxylic acids is 1. The molecule has 1 aliphatic carbocycles. The zero-order valence-corrected chi connectivity index (χ0v) is 16.5. The Labute approximate surface area is 158 Å². The van der Waals surface area contributed by atoms with E-state index in [1.54, 1.807) is 10.6 Å². The number of nitrogens with zero attached hydrogens (tertiary/aromatic N) is 2. The van der Waals surface area contributed by atoms with Crippen LogP contribution in [0.3, 0.4) is 0 Å². The molecule has 1 aromatic heterocycles. The van der Waals surface area contributed by atoms with Gasteiger partial charge in [-0.3, -0.25) is 14.2 Å². The average Bonchev–Trinajstić information content (AvgIpc) is 2.64. The molecule has 140 valence electrons. The molecular formula is C20H27N3O2S. The third-order valence-electron chi connectivity index (χ3n) is 5.23. The Hall–Kier alpha value is -1.82. The van der Waals surface area contributed by atoms with Gasteiger partial charge in [-0.05, 0) is 44.7 Å². The van der Waals surface area contributed by atoms with Gasteiger partial charge in [0.1, 0.15) is 0 Å². The maximum Gasteiger partial charge on any atom is 0.262 e. The van der Waals surface area contributed by atoms with Crippen molar-refractivity contribution in [1.82, 2.24) is 14.9 Å². The number of aromatic nitrogens is 2. The number of fused-ring (bicyclic) bond motifs is 1. The van der Waals surface area contributed by atoms with Crippen LogP contribution in [0.4, 0.5) is 0 Å². The maximum absolute atomic E-state index is 12.7. The number of nitrogens with one attached hydrogen (secondary N) is 1. The molecule has 0 saturated heterocycles. The molecule has 3 atom stereocenters. The van der Waals surface area contributed by atoms with Crippen molar-refractivity contribution >= 4 is 28.6 Å². The monoisotopic (exact) mass is 373 g/mol. The van der Waals surface area contributed by atoms with E-state index in [2.05, 4.69) is 17.2 Å². The van der Waals surface area contributed by atoms with Crippen LogP contribution in [0.5, 0.6) is 0 Å². The number of hydrogen-bond acceptors (Lipinski definition) is 4. The van der Waals surface area contributed by atoms with E-state index < -0.39 is 0 Å². The van der Waals surface area contributed by atoms with Gasteiger partial charge in [0.05, 0.1) is 16.2 Å². The van der Waals surface area contributed by atoms with Crippen molar-refractivity contribution in [3.05, 3.63) is 34.6 Å². The molecule has 1 fully saturated rings. The Morgan fingerprint density at radius 3 is 2.81 bits per heavy atom. The van der Waals surface area contributed by atoms with E-state index in [1.807, 2.05) is 32.0 Å². The molecule has 1 heterocycles. The molecule has 26 heavy (non-hydrogen) atoms. The highest BCUT2D eigenvalue weighted by Crippen LogP contribution is 2.26. The van der Waals surface area contributed by atoms with Gasteiger partial charge in [-0.25, -0.2) is 4.98 Å². The third kappa shape index (κ3) is 3.95.